The first-order chi connectivity index (χ1) is 10.3. The first-order valence-corrected chi connectivity index (χ1v) is 7.29. The monoisotopic (exact) mass is 296 g/mol. The molecule has 1 aliphatic carbocycles. The van der Waals surface area contributed by atoms with E-state index in [0.29, 0.717) is 26.4 Å². The fourth-order valence-electron chi connectivity index (χ4n) is 2.55. The average Bonchev–Trinajstić information content (AvgIpc) is 2.52. The molecule has 1 N–H and O–H groups in total. The van der Waals surface area contributed by atoms with E-state index in [0.717, 1.165) is 29.7 Å². The average molecular weight is 296 g/mol. The lowest BCUT2D eigenvalue weighted by Crippen LogP contribution is -2.29. The molecule has 2 unspecified atom stereocenters. The van der Waals surface area contributed by atoms with Crippen molar-refractivity contribution in [1.82, 2.24) is 0 Å². The van der Waals surface area contributed by atoms with Crippen molar-refractivity contribution >= 4 is 0 Å². The van der Waals surface area contributed by atoms with Crippen molar-refractivity contribution in [2.24, 2.45) is 0 Å². The van der Waals surface area contributed by atoms with E-state index in [9.17, 15) is 5.11 Å². The molecule has 0 bridgehead atoms. The van der Waals surface area contributed by atoms with E-state index >= 15 is 0 Å². The molecule has 118 valence electrons. The first-order valence-electron chi connectivity index (χ1n) is 7.29. The van der Waals surface area contributed by atoms with Crippen molar-refractivity contribution in [1.29, 1.82) is 0 Å². The minimum atomic E-state index is -0.585. The van der Waals surface area contributed by atoms with E-state index in [1.807, 2.05) is 18.2 Å². The van der Waals surface area contributed by atoms with Crippen LogP contribution in [0.15, 0.2) is 18.2 Å². The van der Waals surface area contributed by atoms with Crippen LogP contribution in [0.4, 0.5) is 0 Å². The van der Waals surface area contributed by atoms with E-state index in [4.69, 9.17) is 18.9 Å². The number of aryl methyl sites for hydroxylation is 1. The molecular weight excluding hydrogens is 272 g/mol. The predicted octanol–water partition coefficient (Wildman–Crippen LogP) is 1.72. The Kier molecular flexibility index (Phi) is 6.45. The Morgan fingerprint density at radius 2 is 1.95 bits per heavy atom. The van der Waals surface area contributed by atoms with E-state index in [1.165, 1.54) is 0 Å². The second kappa shape index (κ2) is 8.34. The van der Waals surface area contributed by atoms with Crippen LogP contribution in [0.3, 0.4) is 0 Å². The summed E-state index contributed by atoms with van der Waals surface area (Å²) >= 11 is 0. The second-order valence-electron chi connectivity index (χ2n) is 5.06. The highest BCUT2D eigenvalue weighted by Crippen LogP contribution is 2.33. The normalized spacial score (nSPS) is 21.1. The Balaban J connectivity index is 1.81. The quantitative estimate of drug-likeness (QED) is 0.740. The maximum absolute atomic E-state index is 10.4. The fourth-order valence-corrected chi connectivity index (χ4v) is 2.55. The fraction of sp³-hybridized carbons (Fsp3) is 0.625. The molecule has 21 heavy (non-hydrogen) atoms. The van der Waals surface area contributed by atoms with Crippen molar-refractivity contribution in [3.63, 3.8) is 0 Å². The largest absolute Gasteiger partial charge is 0.497 e. The van der Waals surface area contributed by atoms with Gasteiger partial charge >= 0.3 is 0 Å². The molecule has 0 radical (unpaired) electrons. The lowest BCUT2D eigenvalue weighted by molar-refractivity contribution is -0.0677. The summed E-state index contributed by atoms with van der Waals surface area (Å²) in [7, 11) is 3.29. The van der Waals surface area contributed by atoms with Crippen molar-refractivity contribution in [3.8, 4) is 5.75 Å². The van der Waals surface area contributed by atoms with Crippen LogP contribution in [0, 0.1) is 0 Å². The zero-order chi connectivity index (χ0) is 15.1. The SMILES string of the molecule is COCCOCCOC1CCc2cc(OC)ccc2C1O. The van der Waals surface area contributed by atoms with Gasteiger partial charge in [-0.3, -0.25) is 0 Å². The standard InChI is InChI=1S/C16H24O5/c1-18-7-8-20-9-10-21-15-6-3-12-11-13(19-2)4-5-14(12)16(15)17/h4-5,11,15-17H,3,6-10H2,1-2H3. The highest BCUT2D eigenvalue weighted by atomic mass is 16.5. The molecule has 5 nitrogen and oxygen atoms in total. The molecule has 0 saturated carbocycles. The number of aliphatic hydroxyl groups is 1. The third kappa shape index (κ3) is 4.41. The van der Waals surface area contributed by atoms with Gasteiger partial charge in [-0.15, -0.1) is 0 Å². The van der Waals surface area contributed by atoms with Gasteiger partial charge in [0.1, 0.15) is 11.9 Å². The third-order valence-electron chi connectivity index (χ3n) is 3.71. The van der Waals surface area contributed by atoms with Crippen LogP contribution in [0.25, 0.3) is 0 Å². The van der Waals surface area contributed by atoms with Gasteiger partial charge in [-0.05, 0) is 36.1 Å². The molecular formula is C16H24O5. The van der Waals surface area contributed by atoms with Crippen LogP contribution in [0.2, 0.25) is 0 Å². The van der Waals surface area contributed by atoms with Crippen molar-refractivity contribution < 1.29 is 24.1 Å². The number of hydrogen-bond donors (Lipinski definition) is 1. The van der Waals surface area contributed by atoms with Gasteiger partial charge in [0.25, 0.3) is 0 Å². The van der Waals surface area contributed by atoms with Crippen molar-refractivity contribution in [2.45, 2.75) is 25.0 Å². The van der Waals surface area contributed by atoms with E-state index < -0.39 is 6.10 Å². The summed E-state index contributed by atoms with van der Waals surface area (Å²) in [6, 6.07) is 5.78. The minimum Gasteiger partial charge on any atom is -0.497 e. The lowest BCUT2D eigenvalue weighted by atomic mass is 9.87. The van der Waals surface area contributed by atoms with Gasteiger partial charge in [0, 0.05) is 7.11 Å². The number of hydrogen-bond acceptors (Lipinski definition) is 5. The maximum atomic E-state index is 10.4. The molecule has 1 aliphatic rings. The van der Waals surface area contributed by atoms with Gasteiger partial charge < -0.3 is 24.1 Å². The molecule has 0 heterocycles. The van der Waals surface area contributed by atoms with Crippen LogP contribution >= 0.6 is 0 Å². The Labute approximate surface area is 125 Å². The molecule has 0 aromatic heterocycles. The van der Waals surface area contributed by atoms with Crippen molar-refractivity contribution in [2.75, 3.05) is 40.6 Å². The Bertz CT molecular complexity index is 435. The topological polar surface area (TPSA) is 57.2 Å². The molecule has 5 heteroatoms. The second-order valence-corrected chi connectivity index (χ2v) is 5.06. The Hall–Kier alpha value is -1.14. The number of fused-ring (bicyclic) bond motifs is 1. The van der Waals surface area contributed by atoms with Crippen LogP contribution in [0.5, 0.6) is 5.75 Å². The summed E-state index contributed by atoms with van der Waals surface area (Å²) in [5, 5.41) is 10.4. The summed E-state index contributed by atoms with van der Waals surface area (Å²) in [5.74, 6) is 0.826. The molecule has 1 aromatic rings. The van der Waals surface area contributed by atoms with Crippen LogP contribution in [-0.2, 0) is 20.6 Å². The zero-order valence-electron chi connectivity index (χ0n) is 12.7. The van der Waals surface area contributed by atoms with E-state index in [2.05, 4.69) is 0 Å². The van der Waals surface area contributed by atoms with Crippen LogP contribution in [-0.4, -0.2) is 51.9 Å². The molecule has 0 aliphatic heterocycles. The summed E-state index contributed by atoms with van der Waals surface area (Å²) < 4.78 is 21.2. The maximum Gasteiger partial charge on any atom is 0.119 e. The number of ether oxygens (including phenoxy) is 4. The summed E-state index contributed by atoms with van der Waals surface area (Å²) in [5.41, 5.74) is 2.07. The molecule has 0 saturated heterocycles. The van der Waals surface area contributed by atoms with Gasteiger partial charge in [-0.1, -0.05) is 6.07 Å². The predicted molar refractivity (Wildman–Crippen MR) is 78.7 cm³/mol. The molecule has 0 spiro atoms. The minimum absolute atomic E-state index is 0.170. The highest BCUT2D eigenvalue weighted by Gasteiger charge is 2.28. The van der Waals surface area contributed by atoms with Gasteiger partial charge in [-0.25, -0.2) is 0 Å². The summed E-state index contributed by atoms with van der Waals surface area (Å²) in [6.45, 7) is 2.15. The van der Waals surface area contributed by atoms with E-state index in [1.54, 1.807) is 14.2 Å². The summed E-state index contributed by atoms with van der Waals surface area (Å²) in [4.78, 5) is 0. The zero-order valence-corrected chi connectivity index (χ0v) is 12.7. The van der Waals surface area contributed by atoms with Gasteiger partial charge in [0.2, 0.25) is 0 Å². The smallest absolute Gasteiger partial charge is 0.119 e. The number of benzene rings is 1. The lowest BCUT2D eigenvalue weighted by Gasteiger charge is -2.30. The molecule has 2 rings (SSSR count). The molecule has 2 atom stereocenters. The molecule has 0 amide bonds. The Morgan fingerprint density at radius 1 is 1.14 bits per heavy atom. The number of methoxy groups -OCH3 is 2. The van der Waals surface area contributed by atoms with Gasteiger partial charge in [0.15, 0.2) is 0 Å². The van der Waals surface area contributed by atoms with Crippen LogP contribution < -0.4 is 4.74 Å². The van der Waals surface area contributed by atoms with Crippen molar-refractivity contribution in [3.05, 3.63) is 29.3 Å². The summed E-state index contributed by atoms with van der Waals surface area (Å²) in [6.07, 6.45) is 0.939. The first kappa shape index (κ1) is 16.2. The number of rotatable bonds is 8. The molecule has 0 fully saturated rings. The third-order valence-corrected chi connectivity index (χ3v) is 3.71. The molecule has 1 aromatic carbocycles. The van der Waals surface area contributed by atoms with Gasteiger partial charge in [0.05, 0.1) is 39.6 Å². The Morgan fingerprint density at radius 3 is 2.71 bits per heavy atom. The highest BCUT2D eigenvalue weighted by molar-refractivity contribution is 5.39. The van der Waals surface area contributed by atoms with Gasteiger partial charge in [-0.2, -0.15) is 0 Å². The van der Waals surface area contributed by atoms with Crippen LogP contribution in [0.1, 0.15) is 23.7 Å². The number of aliphatic hydroxyl groups excluding tert-OH is 1. The van der Waals surface area contributed by atoms with E-state index in [-0.39, 0.29) is 6.10 Å².